The van der Waals surface area contributed by atoms with Crippen molar-refractivity contribution in [3.05, 3.63) is 140 Å². The Hall–Kier alpha value is -7.40. The van der Waals surface area contributed by atoms with Crippen molar-refractivity contribution in [2.75, 3.05) is 31.9 Å². The monoisotopic (exact) mass is 1140 g/mol. The van der Waals surface area contributed by atoms with E-state index in [0.717, 1.165) is 93.7 Å². The topological polar surface area (TPSA) is 199 Å². The van der Waals surface area contributed by atoms with Crippen molar-refractivity contribution in [3.8, 4) is 33.6 Å². The average molecular weight is 1140 g/mol. The smallest absolute Gasteiger partial charge is 0.225 e. The number of H-pyrrole nitrogens is 1. The van der Waals surface area contributed by atoms with Crippen LogP contribution in [0.15, 0.2) is 96.2 Å². The lowest BCUT2D eigenvalue weighted by Gasteiger charge is -2.31. The standard InChI is InChI=1S/C22H24N4S.C19H19FN6S.C19H18FN5OS/c1-13-8-17(9-14(2)23-13)22-24-20-7-5-16(11-21(20)27-22)15-4-6-19-18(10-15)12-26(3)25-19;1-10-9-26-18(23-10)14(21)8-15(25-26)12-6-13(20)17-16(7-12)27-19(24-17)11-2-4-22-5-3-11;1-10-9-25-18(22-10)15(26)8-14(24-25)12-6-13(20)17-16(7-12)27-19(23-17)11-2-4-21-5-3-11/h4-7,10-14,17,23H,8-9H2,1-3H3;6-9,11,22H,2-5,21H2,1H3;6-9,11,21,24H,2-5H2,1H3. The second-order valence-corrected chi connectivity index (χ2v) is 25.1. The second kappa shape index (κ2) is 21.8. The van der Waals surface area contributed by atoms with Crippen molar-refractivity contribution in [2.45, 2.75) is 96.1 Å². The molecule has 0 aliphatic carbocycles. The molecule has 16 nitrogen and oxygen atoms in total. The molecule has 0 saturated carbocycles. The van der Waals surface area contributed by atoms with Gasteiger partial charge in [0.2, 0.25) is 5.43 Å². The fourth-order valence-corrected chi connectivity index (χ4v) is 15.2. The largest absolute Gasteiger partial charge is 0.396 e. The van der Waals surface area contributed by atoms with Gasteiger partial charge in [-0.05, 0) is 158 Å². The maximum atomic E-state index is 14.8. The SMILES string of the molecule is CC1CC(c2nc3ccc(-c4ccc5nn(C)cc5c4)cc3s2)CC(C)N1.Cc1cn2[nH]c(-c3cc(F)c4nc(C5CCNCC5)sc4c3)cc(=O)c2n1.Cc1cn2nc(-c3cc(F)c4nc(C5CCNCC5)sc4c3)cc(N)c2n1. The Kier molecular flexibility index (Phi) is 14.3. The molecule has 414 valence electrons. The van der Waals surface area contributed by atoms with Crippen LogP contribution in [0.1, 0.15) is 96.5 Å². The number of halogens is 2. The minimum atomic E-state index is -0.360. The number of fused-ring (bicyclic) bond motifs is 6. The van der Waals surface area contributed by atoms with E-state index in [1.54, 1.807) is 44.0 Å². The highest BCUT2D eigenvalue weighted by Crippen LogP contribution is 2.40. The third kappa shape index (κ3) is 10.9. The molecule has 0 spiro atoms. The first-order valence-electron chi connectivity index (χ1n) is 27.7. The number of aryl methyl sites for hydroxylation is 3. The Morgan fingerprint density at radius 1 is 0.593 bits per heavy atom. The number of imidazole rings is 2. The van der Waals surface area contributed by atoms with Crippen LogP contribution in [-0.4, -0.2) is 92.2 Å². The molecule has 6 N–H and O–H groups in total. The summed E-state index contributed by atoms with van der Waals surface area (Å²) in [5.74, 6) is 0.689. The number of aromatic nitrogens is 11. The molecular formula is C60H61F2N15OS3. The summed E-state index contributed by atoms with van der Waals surface area (Å²) in [4.78, 5) is 35.0. The lowest BCUT2D eigenvalue weighted by atomic mass is 9.89. The van der Waals surface area contributed by atoms with Gasteiger partial charge in [-0.1, -0.05) is 12.1 Å². The third-order valence-corrected chi connectivity index (χ3v) is 19.1. The third-order valence-electron chi connectivity index (χ3n) is 15.6. The Balaban J connectivity index is 0.000000114. The number of thiazole rings is 3. The number of hydrogen-bond acceptors (Lipinski definition) is 15. The van der Waals surface area contributed by atoms with Crippen LogP contribution in [0, 0.1) is 25.5 Å². The van der Waals surface area contributed by atoms with Gasteiger partial charge in [0.1, 0.15) is 11.0 Å². The van der Waals surface area contributed by atoms with Crippen LogP contribution < -0.4 is 27.1 Å². The zero-order valence-corrected chi connectivity index (χ0v) is 48.0. The Bertz CT molecular complexity index is 4380. The van der Waals surface area contributed by atoms with E-state index in [1.165, 1.54) is 57.3 Å². The number of hydrogen-bond donors (Lipinski definition) is 5. The van der Waals surface area contributed by atoms with Gasteiger partial charge >= 0.3 is 0 Å². The summed E-state index contributed by atoms with van der Waals surface area (Å²) in [6.07, 6.45) is 12.1. The van der Waals surface area contributed by atoms with Gasteiger partial charge in [0.15, 0.2) is 22.9 Å². The summed E-state index contributed by atoms with van der Waals surface area (Å²) >= 11 is 5.00. The number of nitrogens with zero attached hydrogens (tertiary/aromatic N) is 10. The number of benzene rings is 4. The van der Waals surface area contributed by atoms with Gasteiger partial charge in [-0.3, -0.25) is 14.6 Å². The van der Waals surface area contributed by atoms with E-state index in [2.05, 4.69) is 108 Å². The Labute approximate surface area is 476 Å². The molecule has 21 heteroatoms. The molecule has 2 atom stereocenters. The minimum absolute atomic E-state index is 0.197. The van der Waals surface area contributed by atoms with Crippen LogP contribution in [0.4, 0.5) is 14.5 Å². The first-order valence-corrected chi connectivity index (χ1v) is 30.1. The van der Waals surface area contributed by atoms with E-state index in [1.807, 2.05) is 55.2 Å². The maximum Gasteiger partial charge on any atom is 0.225 e. The molecule has 3 fully saturated rings. The number of nitrogens with two attached hydrogens (primary N) is 1. The van der Waals surface area contributed by atoms with Crippen LogP contribution in [0.25, 0.3) is 86.5 Å². The molecule has 12 aromatic rings. The number of aromatic amines is 1. The zero-order chi connectivity index (χ0) is 55.6. The highest BCUT2D eigenvalue weighted by molar-refractivity contribution is 7.19. The fraction of sp³-hybridized carbons (Fsp3) is 0.333. The summed E-state index contributed by atoms with van der Waals surface area (Å²) in [6.45, 7) is 12.2. The van der Waals surface area contributed by atoms with Crippen LogP contribution >= 0.6 is 34.0 Å². The number of nitrogen functional groups attached to an aromatic ring is 1. The molecule has 4 aromatic carbocycles. The molecule has 3 saturated heterocycles. The van der Waals surface area contributed by atoms with E-state index in [0.29, 0.717) is 80.4 Å². The van der Waals surface area contributed by atoms with Crippen molar-refractivity contribution in [1.82, 2.24) is 69.9 Å². The molecule has 8 aromatic heterocycles. The highest BCUT2D eigenvalue weighted by atomic mass is 32.1. The molecule has 3 aliphatic heterocycles. The van der Waals surface area contributed by atoms with Gasteiger partial charge in [-0.2, -0.15) is 10.2 Å². The van der Waals surface area contributed by atoms with Crippen molar-refractivity contribution in [2.24, 2.45) is 7.05 Å². The first-order chi connectivity index (χ1) is 39.2. The van der Waals surface area contributed by atoms with Gasteiger partial charge < -0.3 is 21.7 Å². The molecule has 0 bridgehead atoms. The lowest BCUT2D eigenvalue weighted by Crippen LogP contribution is -2.41. The zero-order valence-electron chi connectivity index (χ0n) is 45.6. The molecule has 3 aliphatic rings. The molecule has 81 heavy (non-hydrogen) atoms. The molecule has 11 heterocycles. The number of rotatable bonds is 6. The van der Waals surface area contributed by atoms with Crippen LogP contribution in [-0.2, 0) is 7.05 Å². The van der Waals surface area contributed by atoms with Crippen molar-refractivity contribution in [1.29, 1.82) is 0 Å². The Morgan fingerprint density at radius 3 is 1.84 bits per heavy atom. The van der Waals surface area contributed by atoms with E-state index >= 15 is 0 Å². The summed E-state index contributed by atoms with van der Waals surface area (Å²) in [7, 11) is 1.97. The first kappa shape index (κ1) is 52.9. The van der Waals surface area contributed by atoms with Crippen molar-refractivity contribution >= 4 is 92.5 Å². The fourth-order valence-electron chi connectivity index (χ4n) is 11.7. The predicted octanol–water partition coefficient (Wildman–Crippen LogP) is 11.8. The molecule has 0 radical (unpaired) electrons. The number of nitrogens with one attached hydrogen (secondary N) is 4. The summed E-state index contributed by atoms with van der Waals surface area (Å²) in [5.41, 5.74) is 17.0. The number of anilines is 1. The number of piperidine rings is 3. The van der Waals surface area contributed by atoms with E-state index in [4.69, 9.17) is 10.7 Å². The normalized spacial score (nSPS) is 18.3. The van der Waals surface area contributed by atoms with Gasteiger partial charge in [0, 0.05) is 65.7 Å². The lowest BCUT2D eigenvalue weighted by molar-refractivity contribution is 0.316. The molecular weight excluding hydrogens is 1080 g/mol. The van der Waals surface area contributed by atoms with Crippen LogP contribution in [0.3, 0.4) is 0 Å². The van der Waals surface area contributed by atoms with Gasteiger partial charge in [-0.15, -0.1) is 34.0 Å². The highest BCUT2D eigenvalue weighted by Gasteiger charge is 2.28. The van der Waals surface area contributed by atoms with E-state index in [9.17, 15) is 13.6 Å². The molecule has 0 amide bonds. The van der Waals surface area contributed by atoms with E-state index < -0.39 is 0 Å². The van der Waals surface area contributed by atoms with Gasteiger partial charge in [0.25, 0.3) is 0 Å². The predicted molar refractivity (Wildman–Crippen MR) is 323 cm³/mol. The van der Waals surface area contributed by atoms with E-state index in [-0.39, 0.29) is 17.1 Å². The average Bonchev–Trinajstić information content (AvgIpc) is 4.53. The van der Waals surface area contributed by atoms with Crippen LogP contribution in [0.2, 0.25) is 0 Å². The van der Waals surface area contributed by atoms with Crippen molar-refractivity contribution in [3.63, 3.8) is 0 Å². The Morgan fingerprint density at radius 2 is 1.16 bits per heavy atom. The summed E-state index contributed by atoms with van der Waals surface area (Å²) in [6, 6.07) is 24.3. The van der Waals surface area contributed by atoms with Crippen LogP contribution in [0.5, 0.6) is 0 Å². The molecule has 2 unspecified atom stereocenters. The van der Waals surface area contributed by atoms with Gasteiger partial charge in [-0.25, -0.2) is 42.7 Å². The summed E-state index contributed by atoms with van der Waals surface area (Å²) < 4.78 is 37.6. The summed E-state index contributed by atoms with van der Waals surface area (Å²) in [5, 5.41) is 27.0. The quantitative estimate of drug-likeness (QED) is 0.106. The van der Waals surface area contributed by atoms with Gasteiger partial charge in [0.05, 0.1) is 81.0 Å². The van der Waals surface area contributed by atoms with Crippen molar-refractivity contribution < 1.29 is 8.78 Å². The maximum absolute atomic E-state index is 14.8. The second-order valence-electron chi connectivity index (χ2n) is 22.0. The minimum Gasteiger partial charge on any atom is -0.396 e. The molecule has 15 rings (SSSR count).